The van der Waals surface area contributed by atoms with Crippen LogP contribution < -0.4 is 14.2 Å². The van der Waals surface area contributed by atoms with E-state index in [4.69, 9.17) is 18.9 Å². The summed E-state index contributed by atoms with van der Waals surface area (Å²) in [5.41, 5.74) is 3.47. The fraction of sp³-hybridized carbons (Fsp3) is 0.300. The maximum absolute atomic E-state index is 13.3. The van der Waals surface area contributed by atoms with Crippen LogP contribution in [0.2, 0.25) is 0 Å². The van der Waals surface area contributed by atoms with Gasteiger partial charge in [0.15, 0.2) is 17.3 Å². The molecule has 0 radical (unpaired) electrons. The predicted octanol–water partition coefficient (Wildman–Crippen LogP) is 9.76. The third-order valence-corrected chi connectivity index (χ3v) is 7.87. The molecule has 0 spiro atoms. The number of ether oxygens (including phenoxy) is 4. The first-order valence-electron chi connectivity index (χ1n) is 16.3. The van der Waals surface area contributed by atoms with Crippen molar-refractivity contribution in [3.05, 3.63) is 131 Å². The molecule has 1 aliphatic rings. The van der Waals surface area contributed by atoms with Gasteiger partial charge in [-0.15, -0.1) is 0 Å². The Labute approximate surface area is 272 Å². The largest absolute Gasteiger partial charge is 0.485 e. The number of carbonyl (C=O) groups excluding carboxylic acids is 2. The zero-order valence-corrected chi connectivity index (χ0v) is 26.5. The van der Waals surface area contributed by atoms with Crippen molar-refractivity contribution in [3.8, 4) is 17.2 Å². The molecule has 0 bridgehead atoms. The lowest BCUT2D eigenvalue weighted by molar-refractivity contribution is 0.0497. The molecule has 0 atom stereocenters. The van der Waals surface area contributed by atoms with E-state index in [1.54, 1.807) is 24.3 Å². The number of fused-ring (bicyclic) bond motifs is 1. The molecule has 0 saturated heterocycles. The van der Waals surface area contributed by atoms with Crippen LogP contribution in [-0.4, -0.2) is 18.4 Å². The van der Waals surface area contributed by atoms with Crippen molar-refractivity contribution < 1.29 is 28.5 Å². The Morgan fingerprint density at radius 2 is 1.33 bits per heavy atom. The van der Waals surface area contributed by atoms with Gasteiger partial charge in [0.05, 0.1) is 17.7 Å². The first-order valence-corrected chi connectivity index (χ1v) is 16.3. The lowest BCUT2D eigenvalue weighted by Gasteiger charge is -2.14. The Morgan fingerprint density at radius 1 is 0.696 bits per heavy atom. The molecule has 6 nitrogen and oxygen atoms in total. The Morgan fingerprint density at radius 3 is 2.00 bits per heavy atom. The highest BCUT2D eigenvalue weighted by molar-refractivity contribution is 6.15. The lowest BCUT2D eigenvalue weighted by Crippen LogP contribution is -2.07. The summed E-state index contributed by atoms with van der Waals surface area (Å²) >= 11 is 0. The second-order valence-electron chi connectivity index (χ2n) is 11.5. The molecule has 4 aromatic carbocycles. The number of carbonyl (C=O) groups is 2. The molecule has 6 heteroatoms. The van der Waals surface area contributed by atoms with Crippen LogP contribution in [-0.2, 0) is 18.0 Å². The van der Waals surface area contributed by atoms with Crippen molar-refractivity contribution in [1.29, 1.82) is 0 Å². The van der Waals surface area contributed by atoms with Gasteiger partial charge in [-0.1, -0.05) is 119 Å². The lowest BCUT2D eigenvalue weighted by atomic mass is 10.1. The van der Waals surface area contributed by atoms with Crippen LogP contribution in [0.3, 0.4) is 0 Å². The normalized spacial score (nSPS) is 12.9. The van der Waals surface area contributed by atoms with Gasteiger partial charge >= 0.3 is 5.97 Å². The van der Waals surface area contributed by atoms with Crippen molar-refractivity contribution in [2.45, 2.75) is 71.5 Å². The average molecular weight is 619 g/mol. The minimum absolute atomic E-state index is 0.173. The molecule has 46 heavy (non-hydrogen) atoms. The molecular weight excluding hydrogens is 576 g/mol. The molecule has 0 saturated carbocycles. The predicted molar refractivity (Wildman–Crippen MR) is 180 cm³/mol. The maximum Gasteiger partial charge on any atom is 0.338 e. The van der Waals surface area contributed by atoms with E-state index in [0.29, 0.717) is 48.2 Å². The Bertz CT molecular complexity index is 1610. The van der Waals surface area contributed by atoms with Gasteiger partial charge in [-0.25, -0.2) is 4.79 Å². The number of Topliss-reactive ketones (excluding diaryl/α,β-unsaturated/α-hetero) is 1. The van der Waals surface area contributed by atoms with Gasteiger partial charge in [-0.05, 0) is 59.5 Å². The maximum atomic E-state index is 13.3. The van der Waals surface area contributed by atoms with Gasteiger partial charge in [0.1, 0.15) is 19.0 Å². The number of unbranched alkanes of at least 4 members (excludes halogenated alkanes) is 7. The minimum atomic E-state index is -0.428. The summed E-state index contributed by atoms with van der Waals surface area (Å²) in [5, 5.41) is 0. The number of rotatable bonds is 17. The van der Waals surface area contributed by atoms with E-state index in [-0.39, 0.29) is 11.5 Å². The fourth-order valence-electron chi connectivity index (χ4n) is 5.27. The SMILES string of the molecule is CCCCCCCCCCOC(=O)c1ccc2c(c1)C(=O)/C(=C/c1ccc(OCc3ccccc3)c(OCc3ccccc3)c1)O2. The Hall–Kier alpha value is -4.84. The summed E-state index contributed by atoms with van der Waals surface area (Å²) < 4.78 is 23.7. The Balaban J connectivity index is 1.21. The van der Waals surface area contributed by atoms with E-state index >= 15 is 0 Å². The summed E-state index contributed by atoms with van der Waals surface area (Å²) in [4.78, 5) is 26.0. The molecule has 0 amide bonds. The minimum Gasteiger partial charge on any atom is -0.485 e. The topological polar surface area (TPSA) is 71.1 Å². The number of hydrogen-bond donors (Lipinski definition) is 0. The molecule has 0 aliphatic carbocycles. The Kier molecular flexibility index (Phi) is 12.0. The van der Waals surface area contributed by atoms with Crippen LogP contribution in [0.4, 0.5) is 0 Å². The second-order valence-corrected chi connectivity index (χ2v) is 11.5. The van der Waals surface area contributed by atoms with Crippen molar-refractivity contribution in [2.75, 3.05) is 6.61 Å². The highest BCUT2D eigenvalue weighted by Gasteiger charge is 2.28. The fourth-order valence-corrected chi connectivity index (χ4v) is 5.27. The molecule has 238 valence electrons. The van der Waals surface area contributed by atoms with Gasteiger partial charge < -0.3 is 18.9 Å². The second kappa shape index (κ2) is 17.0. The van der Waals surface area contributed by atoms with Crippen molar-refractivity contribution >= 4 is 17.8 Å². The quantitative estimate of drug-likeness (QED) is 0.0666. The highest BCUT2D eigenvalue weighted by atomic mass is 16.5. The molecule has 4 aromatic rings. The highest BCUT2D eigenvalue weighted by Crippen LogP contribution is 2.35. The van der Waals surface area contributed by atoms with Crippen molar-refractivity contribution in [3.63, 3.8) is 0 Å². The standard InChI is InChI=1S/C40H42O6/c1-2-3-4-5-6-7-8-15-24-43-40(42)33-21-23-35-34(27-33)39(41)38(46-35)26-32-20-22-36(44-28-30-16-11-9-12-17-30)37(25-32)45-29-31-18-13-10-14-19-31/h9-14,16-23,25-27H,2-8,15,24,28-29H2,1H3/b38-26-. The van der Waals surface area contributed by atoms with Gasteiger partial charge in [0, 0.05) is 0 Å². The van der Waals surface area contributed by atoms with E-state index in [1.807, 2.05) is 78.9 Å². The third kappa shape index (κ3) is 9.33. The number of ketones is 1. The molecule has 0 unspecified atom stereocenters. The van der Waals surface area contributed by atoms with Crippen LogP contribution in [0.1, 0.15) is 95.7 Å². The summed E-state index contributed by atoms with van der Waals surface area (Å²) in [6.07, 6.45) is 11.1. The van der Waals surface area contributed by atoms with Crippen molar-refractivity contribution in [1.82, 2.24) is 0 Å². The van der Waals surface area contributed by atoms with Gasteiger partial charge in [-0.2, -0.15) is 0 Å². The number of benzene rings is 4. The van der Waals surface area contributed by atoms with Crippen LogP contribution in [0, 0.1) is 0 Å². The summed E-state index contributed by atoms with van der Waals surface area (Å²) in [6.45, 7) is 3.35. The summed E-state index contributed by atoms with van der Waals surface area (Å²) in [7, 11) is 0. The molecular formula is C40H42O6. The third-order valence-electron chi connectivity index (χ3n) is 7.87. The molecule has 1 heterocycles. The summed E-state index contributed by atoms with van der Waals surface area (Å²) in [6, 6.07) is 30.2. The molecule has 0 N–H and O–H groups in total. The molecule has 5 rings (SSSR count). The van der Waals surface area contributed by atoms with E-state index in [0.717, 1.165) is 36.0 Å². The van der Waals surface area contributed by atoms with Crippen LogP contribution in [0.15, 0.2) is 103 Å². The van der Waals surface area contributed by atoms with E-state index in [2.05, 4.69) is 6.92 Å². The van der Waals surface area contributed by atoms with E-state index < -0.39 is 5.97 Å². The zero-order valence-electron chi connectivity index (χ0n) is 26.5. The number of allylic oxidation sites excluding steroid dienone is 1. The van der Waals surface area contributed by atoms with E-state index in [1.165, 1.54) is 32.1 Å². The van der Waals surface area contributed by atoms with Crippen molar-refractivity contribution in [2.24, 2.45) is 0 Å². The van der Waals surface area contributed by atoms with Crippen LogP contribution in [0.25, 0.3) is 6.08 Å². The summed E-state index contributed by atoms with van der Waals surface area (Å²) in [5.74, 6) is 1.02. The van der Waals surface area contributed by atoms with Crippen LogP contribution in [0.5, 0.6) is 17.2 Å². The monoisotopic (exact) mass is 618 g/mol. The molecule has 1 aliphatic heterocycles. The van der Waals surface area contributed by atoms with Gasteiger partial charge in [-0.3, -0.25) is 4.79 Å². The van der Waals surface area contributed by atoms with Crippen LogP contribution >= 0.6 is 0 Å². The average Bonchev–Trinajstić information content (AvgIpc) is 3.40. The molecule has 0 aromatic heterocycles. The molecule has 0 fully saturated rings. The van der Waals surface area contributed by atoms with Gasteiger partial charge in [0.25, 0.3) is 0 Å². The van der Waals surface area contributed by atoms with E-state index in [9.17, 15) is 9.59 Å². The zero-order chi connectivity index (χ0) is 32.0. The first kappa shape index (κ1) is 32.6. The first-order chi connectivity index (χ1) is 22.6. The van der Waals surface area contributed by atoms with Gasteiger partial charge in [0.2, 0.25) is 5.78 Å². The smallest absolute Gasteiger partial charge is 0.338 e. The number of esters is 1. The number of hydrogen-bond acceptors (Lipinski definition) is 6.